The van der Waals surface area contributed by atoms with E-state index in [1.807, 2.05) is 0 Å². The Kier molecular flexibility index (Phi) is 3.25. The van der Waals surface area contributed by atoms with Gasteiger partial charge in [0.15, 0.2) is 0 Å². The van der Waals surface area contributed by atoms with Crippen LogP contribution < -0.4 is 5.46 Å². The number of rotatable bonds is 2. The van der Waals surface area contributed by atoms with Gasteiger partial charge in [-0.3, -0.25) is 4.68 Å². The second-order valence-electron chi connectivity index (χ2n) is 6.93. The molecule has 1 saturated heterocycles. The monoisotopic (exact) mass is 276 g/mol. The summed E-state index contributed by atoms with van der Waals surface area (Å²) < 4.78 is 14.7. The van der Waals surface area contributed by atoms with Crippen LogP contribution in [0, 0.1) is 0 Å². The van der Waals surface area contributed by atoms with Gasteiger partial charge in [0.25, 0.3) is 0 Å². The first-order valence-electron chi connectivity index (χ1n) is 7.80. The van der Waals surface area contributed by atoms with E-state index in [9.17, 15) is 0 Å². The number of hydrogen-bond acceptors (Lipinski definition) is 3. The van der Waals surface area contributed by atoms with Gasteiger partial charge in [-0.25, -0.2) is 0 Å². The van der Waals surface area contributed by atoms with E-state index in [1.165, 1.54) is 24.0 Å². The molecule has 1 aromatic rings. The van der Waals surface area contributed by atoms with Crippen molar-refractivity contribution in [3.05, 3.63) is 11.4 Å². The van der Waals surface area contributed by atoms with E-state index >= 15 is 0 Å². The molecule has 110 valence electrons. The Labute approximate surface area is 122 Å². The molecule has 0 bridgehead atoms. The Morgan fingerprint density at radius 3 is 2.40 bits per heavy atom. The smallest absolute Gasteiger partial charge is 0.399 e. The lowest BCUT2D eigenvalue weighted by molar-refractivity contribution is 0.00578. The lowest BCUT2D eigenvalue weighted by atomic mass is 9.75. The minimum absolute atomic E-state index is 0.267. The highest BCUT2D eigenvalue weighted by molar-refractivity contribution is 6.63. The van der Waals surface area contributed by atoms with Gasteiger partial charge >= 0.3 is 7.12 Å². The minimum Gasteiger partial charge on any atom is -0.399 e. The molecule has 0 amide bonds. The quantitative estimate of drug-likeness (QED) is 0.776. The predicted octanol–water partition coefficient (Wildman–Crippen LogP) is 2.08. The van der Waals surface area contributed by atoms with E-state index in [0.717, 1.165) is 25.1 Å². The van der Waals surface area contributed by atoms with Crippen LogP contribution in [0.25, 0.3) is 0 Å². The zero-order valence-electron chi connectivity index (χ0n) is 13.3. The van der Waals surface area contributed by atoms with Crippen LogP contribution in [-0.2, 0) is 28.7 Å². The Morgan fingerprint density at radius 2 is 1.80 bits per heavy atom. The van der Waals surface area contributed by atoms with Crippen LogP contribution in [0.5, 0.6) is 0 Å². The normalized spacial score (nSPS) is 23.9. The van der Waals surface area contributed by atoms with Crippen molar-refractivity contribution in [3.8, 4) is 0 Å². The van der Waals surface area contributed by atoms with E-state index in [0.29, 0.717) is 0 Å². The number of aromatic nitrogens is 2. The van der Waals surface area contributed by atoms with Crippen LogP contribution >= 0.6 is 0 Å². The Hall–Kier alpha value is -0.805. The SMILES string of the molecule is CCc1nn2c(c1B1OC(C)(C)C(C)(C)O1)CCCC2. The average molecular weight is 276 g/mol. The average Bonchev–Trinajstić information content (AvgIpc) is 2.84. The number of hydrogen-bond donors (Lipinski definition) is 0. The Bertz CT molecular complexity index is 506. The van der Waals surface area contributed by atoms with Gasteiger partial charge in [-0.2, -0.15) is 5.10 Å². The molecule has 2 aliphatic heterocycles. The molecule has 0 spiro atoms. The van der Waals surface area contributed by atoms with Crippen molar-refractivity contribution in [1.82, 2.24) is 9.78 Å². The molecule has 0 atom stereocenters. The highest BCUT2D eigenvalue weighted by Gasteiger charge is 2.53. The van der Waals surface area contributed by atoms with Crippen molar-refractivity contribution in [2.24, 2.45) is 0 Å². The van der Waals surface area contributed by atoms with E-state index in [2.05, 4.69) is 39.3 Å². The molecule has 0 unspecified atom stereocenters. The molecule has 3 heterocycles. The molecular formula is C15H25BN2O2. The third kappa shape index (κ3) is 2.02. The maximum atomic E-state index is 6.24. The molecule has 0 aromatic carbocycles. The molecular weight excluding hydrogens is 251 g/mol. The van der Waals surface area contributed by atoms with Gasteiger partial charge in [-0.15, -0.1) is 0 Å². The molecule has 1 aromatic heterocycles. The van der Waals surface area contributed by atoms with Crippen molar-refractivity contribution in [2.75, 3.05) is 0 Å². The van der Waals surface area contributed by atoms with E-state index in [4.69, 9.17) is 14.4 Å². The highest BCUT2D eigenvalue weighted by atomic mass is 16.7. The number of nitrogens with zero attached hydrogens (tertiary/aromatic N) is 2. The first kappa shape index (κ1) is 14.1. The zero-order valence-corrected chi connectivity index (χ0v) is 13.3. The summed E-state index contributed by atoms with van der Waals surface area (Å²) in [5.41, 5.74) is 3.09. The molecule has 3 rings (SSSR count). The standard InChI is InChI=1S/C15H25BN2O2/c1-6-11-13(12-9-7-8-10-18(12)17-11)16-19-14(2,3)15(4,5)20-16/h6-10H2,1-5H3. The van der Waals surface area contributed by atoms with E-state index in [-0.39, 0.29) is 18.3 Å². The van der Waals surface area contributed by atoms with Crippen molar-refractivity contribution in [2.45, 2.75) is 78.0 Å². The van der Waals surface area contributed by atoms with E-state index < -0.39 is 0 Å². The number of fused-ring (bicyclic) bond motifs is 1. The van der Waals surface area contributed by atoms with Crippen LogP contribution in [0.15, 0.2) is 0 Å². The molecule has 20 heavy (non-hydrogen) atoms. The molecule has 5 heteroatoms. The first-order valence-corrected chi connectivity index (χ1v) is 7.80. The van der Waals surface area contributed by atoms with Gasteiger partial charge in [-0.1, -0.05) is 6.92 Å². The highest BCUT2D eigenvalue weighted by Crippen LogP contribution is 2.37. The van der Waals surface area contributed by atoms with Gasteiger partial charge in [0.05, 0.1) is 16.9 Å². The molecule has 0 aliphatic carbocycles. The lowest BCUT2D eigenvalue weighted by Gasteiger charge is -2.32. The van der Waals surface area contributed by atoms with Crippen LogP contribution in [-0.4, -0.2) is 28.1 Å². The molecule has 4 nitrogen and oxygen atoms in total. The Morgan fingerprint density at radius 1 is 1.15 bits per heavy atom. The summed E-state index contributed by atoms with van der Waals surface area (Å²) in [4.78, 5) is 0. The fourth-order valence-electron chi connectivity index (χ4n) is 3.06. The van der Waals surface area contributed by atoms with Gasteiger partial charge in [0, 0.05) is 17.7 Å². The maximum absolute atomic E-state index is 6.24. The fraction of sp³-hybridized carbons (Fsp3) is 0.800. The van der Waals surface area contributed by atoms with Crippen LogP contribution in [0.4, 0.5) is 0 Å². The van der Waals surface area contributed by atoms with Gasteiger partial charge in [0.1, 0.15) is 0 Å². The molecule has 0 radical (unpaired) electrons. The molecule has 2 aliphatic rings. The maximum Gasteiger partial charge on any atom is 0.498 e. The second-order valence-corrected chi connectivity index (χ2v) is 6.93. The summed E-state index contributed by atoms with van der Waals surface area (Å²) in [5.74, 6) is 0. The number of aryl methyl sites for hydroxylation is 2. The molecule has 0 saturated carbocycles. The van der Waals surface area contributed by atoms with Crippen molar-refractivity contribution < 1.29 is 9.31 Å². The lowest BCUT2D eigenvalue weighted by Crippen LogP contribution is -2.41. The molecule has 1 fully saturated rings. The van der Waals surface area contributed by atoms with Crippen molar-refractivity contribution in [1.29, 1.82) is 0 Å². The van der Waals surface area contributed by atoms with Crippen molar-refractivity contribution in [3.63, 3.8) is 0 Å². The zero-order chi connectivity index (χ0) is 14.5. The Balaban J connectivity index is 2.01. The van der Waals surface area contributed by atoms with E-state index in [1.54, 1.807) is 0 Å². The van der Waals surface area contributed by atoms with Crippen molar-refractivity contribution >= 4 is 12.6 Å². The summed E-state index contributed by atoms with van der Waals surface area (Å²) >= 11 is 0. The fourth-order valence-corrected chi connectivity index (χ4v) is 3.06. The summed E-state index contributed by atoms with van der Waals surface area (Å²) in [7, 11) is -0.267. The van der Waals surface area contributed by atoms with Gasteiger partial charge < -0.3 is 9.31 Å². The third-order valence-electron chi connectivity index (χ3n) is 5.03. The van der Waals surface area contributed by atoms with Gasteiger partial charge in [-0.05, 0) is 53.4 Å². The predicted molar refractivity (Wildman–Crippen MR) is 80.3 cm³/mol. The van der Waals surface area contributed by atoms with Crippen LogP contribution in [0.2, 0.25) is 0 Å². The molecule has 0 N–H and O–H groups in total. The largest absolute Gasteiger partial charge is 0.498 e. The summed E-state index contributed by atoms with van der Waals surface area (Å²) in [6.07, 6.45) is 4.48. The summed E-state index contributed by atoms with van der Waals surface area (Å²) in [6, 6.07) is 0. The third-order valence-corrected chi connectivity index (χ3v) is 5.03. The first-order chi connectivity index (χ1) is 9.36. The second kappa shape index (κ2) is 4.60. The van der Waals surface area contributed by atoms with Crippen LogP contribution in [0.1, 0.15) is 58.8 Å². The summed E-state index contributed by atoms with van der Waals surface area (Å²) in [5, 5.41) is 4.77. The minimum atomic E-state index is -0.286. The summed E-state index contributed by atoms with van der Waals surface area (Å²) in [6.45, 7) is 11.6. The van der Waals surface area contributed by atoms with Crippen LogP contribution in [0.3, 0.4) is 0 Å². The van der Waals surface area contributed by atoms with Gasteiger partial charge in [0.2, 0.25) is 0 Å². The topological polar surface area (TPSA) is 36.3 Å².